The number of ether oxygens (including phenoxy) is 2. The Hall–Kier alpha value is -0.650. The van der Waals surface area contributed by atoms with E-state index >= 15 is 0 Å². The fourth-order valence-electron chi connectivity index (χ4n) is 2.24. The molecule has 1 atom stereocenters. The molecule has 0 aliphatic carbocycles. The highest BCUT2D eigenvalue weighted by atomic mass is 16.5. The molecular formula is C12H21NO4. The van der Waals surface area contributed by atoms with Crippen LogP contribution in [0, 0.1) is 0 Å². The van der Waals surface area contributed by atoms with Gasteiger partial charge in [-0.05, 0) is 19.3 Å². The second-order valence-corrected chi connectivity index (χ2v) is 4.91. The maximum Gasteiger partial charge on any atom is 0.249 e. The van der Waals surface area contributed by atoms with Gasteiger partial charge in [0.05, 0.1) is 5.60 Å². The van der Waals surface area contributed by atoms with E-state index in [1.165, 1.54) is 0 Å². The van der Waals surface area contributed by atoms with Crippen molar-refractivity contribution >= 4 is 5.91 Å². The van der Waals surface area contributed by atoms with E-state index in [1.807, 2.05) is 0 Å². The topological polar surface area (TPSA) is 67.8 Å². The van der Waals surface area contributed by atoms with Gasteiger partial charge in [-0.3, -0.25) is 4.79 Å². The third-order valence-electron chi connectivity index (χ3n) is 3.49. The first-order valence-corrected chi connectivity index (χ1v) is 6.39. The van der Waals surface area contributed by atoms with Crippen molar-refractivity contribution in [3.8, 4) is 0 Å². The van der Waals surface area contributed by atoms with Gasteiger partial charge in [0.2, 0.25) is 5.91 Å². The molecule has 17 heavy (non-hydrogen) atoms. The Morgan fingerprint density at radius 2 is 2.06 bits per heavy atom. The Morgan fingerprint density at radius 1 is 1.29 bits per heavy atom. The van der Waals surface area contributed by atoms with Gasteiger partial charge in [0.15, 0.2) is 0 Å². The fraction of sp³-hybridized carbons (Fsp3) is 0.917. The highest BCUT2D eigenvalue weighted by Gasteiger charge is 2.31. The van der Waals surface area contributed by atoms with E-state index in [0.717, 1.165) is 19.3 Å². The SMILES string of the molecule is O=C(NCC1(O)CCOCC1)C1CCCCO1. The van der Waals surface area contributed by atoms with Gasteiger partial charge in [0, 0.05) is 39.2 Å². The zero-order valence-electron chi connectivity index (χ0n) is 10.1. The summed E-state index contributed by atoms with van der Waals surface area (Å²) in [6, 6.07) is 0. The smallest absolute Gasteiger partial charge is 0.249 e. The van der Waals surface area contributed by atoms with Crippen LogP contribution in [0.25, 0.3) is 0 Å². The van der Waals surface area contributed by atoms with E-state index < -0.39 is 5.60 Å². The molecule has 2 rings (SSSR count). The minimum Gasteiger partial charge on any atom is -0.388 e. The van der Waals surface area contributed by atoms with Gasteiger partial charge in [-0.1, -0.05) is 0 Å². The quantitative estimate of drug-likeness (QED) is 0.743. The average Bonchev–Trinajstić information content (AvgIpc) is 2.38. The second-order valence-electron chi connectivity index (χ2n) is 4.91. The number of hydrogen-bond acceptors (Lipinski definition) is 4. The normalized spacial score (nSPS) is 28.6. The Kier molecular flexibility index (Phi) is 4.36. The molecular weight excluding hydrogens is 222 g/mol. The summed E-state index contributed by atoms with van der Waals surface area (Å²) in [6.07, 6.45) is 3.69. The first kappa shape index (κ1) is 12.8. The number of rotatable bonds is 3. The molecule has 0 spiro atoms. The highest BCUT2D eigenvalue weighted by molar-refractivity contribution is 5.80. The van der Waals surface area contributed by atoms with Crippen molar-refractivity contribution in [3.05, 3.63) is 0 Å². The van der Waals surface area contributed by atoms with Crippen LogP contribution in [0.1, 0.15) is 32.1 Å². The van der Waals surface area contributed by atoms with E-state index in [9.17, 15) is 9.90 Å². The molecule has 1 unspecified atom stereocenters. The maximum atomic E-state index is 11.8. The van der Waals surface area contributed by atoms with Gasteiger partial charge in [0.25, 0.3) is 0 Å². The van der Waals surface area contributed by atoms with Crippen molar-refractivity contribution in [1.82, 2.24) is 5.32 Å². The molecule has 2 N–H and O–H groups in total. The molecule has 0 aromatic rings. The minimum absolute atomic E-state index is 0.0929. The standard InChI is InChI=1S/C12H21NO4/c14-11(10-3-1-2-6-17-10)13-9-12(15)4-7-16-8-5-12/h10,15H,1-9H2,(H,13,14). The summed E-state index contributed by atoms with van der Waals surface area (Å²) < 4.78 is 10.6. The van der Waals surface area contributed by atoms with Crippen LogP contribution in [-0.4, -0.2) is 49.1 Å². The lowest BCUT2D eigenvalue weighted by molar-refractivity contribution is -0.137. The zero-order chi connectivity index (χ0) is 12.1. The van der Waals surface area contributed by atoms with E-state index in [2.05, 4.69) is 5.32 Å². The van der Waals surface area contributed by atoms with Crippen molar-refractivity contribution in [1.29, 1.82) is 0 Å². The lowest BCUT2D eigenvalue weighted by atomic mass is 9.94. The molecule has 0 aromatic carbocycles. The van der Waals surface area contributed by atoms with Crippen molar-refractivity contribution in [2.75, 3.05) is 26.4 Å². The highest BCUT2D eigenvalue weighted by Crippen LogP contribution is 2.19. The molecule has 2 saturated heterocycles. The fourth-order valence-corrected chi connectivity index (χ4v) is 2.24. The van der Waals surface area contributed by atoms with Gasteiger partial charge in [-0.25, -0.2) is 0 Å². The van der Waals surface area contributed by atoms with Gasteiger partial charge in [-0.15, -0.1) is 0 Å². The second kappa shape index (κ2) is 5.80. The molecule has 2 heterocycles. The van der Waals surface area contributed by atoms with E-state index in [-0.39, 0.29) is 12.0 Å². The molecule has 2 aliphatic rings. The van der Waals surface area contributed by atoms with E-state index in [4.69, 9.17) is 9.47 Å². The van der Waals surface area contributed by atoms with Gasteiger partial charge < -0.3 is 19.9 Å². The van der Waals surface area contributed by atoms with Crippen molar-refractivity contribution in [2.24, 2.45) is 0 Å². The molecule has 0 radical (unpaired) electrons. The number of carbonyl (C=O) groups is 1. The first-order chi connectivity index (χ1) is 8.20. The molecule has 0 saturated carbocycles. The molecule has 0 aromatic heterocycles. The van der Waals surface area contributed by atoms with E-state index in [0.29, 0.717) is 39.2 Å². The van der Waals surface area contributed by atoms with Crippen molar-refractivity contribution < 1.29 is 19.4 Å². The maximum absolute atomic E-state index is 11.8. The Morgan fingerprint density at radius 3 is 2.71 bits per heavy atom. The summed E-state index contributed by atoms with van der Waals surface area (Å²) in [7, 11) is 0. The average molecular weight is 243 g/mol. The summed E-state index contributed by atoms with van der Waals surface area (Å²) in [6.45, 7) is 2.09. The minimum atomic E-state index is -0.803. The van der Waals surface area contributed by atoms with Crippen LogP contribution in [0.5, 0.6) is 0 Å². The lowest BCUT2D eigenvalue weighted by Crippen LogP contribution is -2.49. The van der Waals surface area contributed by atoms with Crippen molar-refractivity contribution in [2.45, 2.75) is 43.8 Å². The first-order valence-electron chi connectivity index (χ1n) is 6.39. The Bertz CT molecular complexity index is 257. The summed E-state index contributed by atoms with van der Waals surface area (Å²) in [4.78, 5) is 11.8. The number of aliphatic hydroxyl groups is 1. The molecule has 2 fully saturated rings. The van der Waals surface area contributed by atoms with Gasteiger partial charge in [-0.2, -0.15) is 0 Å². The molecule has 0 bridgehead atoms. The van der Waals surface area contributed by atoms with Gasteiger partial charge >= 0.3 is 0 Å². The number of nitrogens with one attached hydrogen (secondary N) is 1. The molecule has 1 amide bonds. The predicted molar refractivity (Wildman–Crippen MR) is 61.6 cm³/mol. The van der Waals surface area contributed by atoms with Crippen LogP contribution in [-0.2, 0) is 14.3 Å². The monoisotopic (exact) mass is 243 g/mol. The lowest BCUT2D eigenvalue weighted by Gasteiger charge is -2.32. The Balaban J connectivity index is 1.74. The third-order valence-corrected chi connectivity index (χ3v) is 3.49. The van der Waals surface area contributed by atoms with Crippen LogP contribution in [0.3, 0.4) is 0 Å². The van der Waals surface area contributed by atoms with Crippen LogP contribution >= 0.6 is 0 Å². The van der Waals surface area contributed by atoms with Crippen LogP contribution in [0.15, 0.2) is 0 Å². The number of carbonyl (C=O) groups excluding carboxylic acids is 1. The van der Waals surface area contributed by atoms with Crippen LogP contribution in [0.2, 0.25) is 0 Å². The number of amides is 1. The molecule has 5 nitrogen and oxygen atoms in total. The zero-order valence-corrected chi connectivity index (χ0v) is 10.1. The molecule has 98 valence electrons. The van der Waals surface area contributed by atoms with Crippen LogP contribution < -0.4 is 5.32 Å². The molecule has 5 heteroatoms. The summed E-state index contributed by atoms with van der Waals surface area (Å²) >= 11 is 0. The largest absolute Gasteiger partial charge is 0.388 e. The van der Waals surface area contributed by atoms with E-state index in [1.54, 1.807) is 0 Å². The predicted octanol–water partition coefficient (Wildman–Crippen LogP) is 0.213. The van der Waals surface area contributed by atoms with Gasteiger partial charge in [0.1, 0.15) is 6.10 Å². The summed E-state index contributed by atoms with van der Waals surface area (Å²) in [5.41, 5.74) is -0.803. The number of hydrogen-bond donors (Lipinski definition) is 2. The third kappa shape index (κ3) is 3.66. The molecule has 2 aliphatic heterocycles. The van der Waals surface area contributed by atoms with Crippen LogP contribution in [0.4, 0.5) is 0 Å². The van der Waals surface area contributed by atoms with Crippen molar-refractivity contribution in [3.63, 3.8) is 0 Å². The summed E-state index contributed by atoms with van der Waals surface area (Å²) in [5.74, 6) is -0.0929. The Labute approximate surface area is 101 Å². The summed E-state index contributed by atoms with van der Waals surface area (Å²) in [5, 5.41) is 13.0.